The maximum absolute atomic E-state index is 12.3. The van der Waals surface area contributed by atoms with Gasteiger partial charge >= 0.3 is 5.97 Å². The zero-order valence-corrected chi connectivity index (χ0v) is 14.1. The van der Waals surface area contributed by atoms with Gasteiger partial charge in [0.15, 0.2) is 0 Å². The number of rotatable bonds is 4. The second-order valence-electron chi connectivity index (χ2n) is 5.11. The lowest BCUT2D eigenvalue weighted by Crippen LogP contribution is -2.41. The van der Waals surface area contributed by atoms with E-state index in [2.05, 4.69) is 5.32 Å². The van der Waals surface area contributed by atoms with Crippen molar-refractivity contribution in [3.05, 3.63) is 41.1 Å². The molecule has 0 bridgehead atoms. The van der Waals surface area contributed by atoms with Crippen molar-refractivity contribution in [2.45, 2.75) is 24.7 Å². The van der Waals surface area contributed by atoms with Gasteiger partial charge in [0.25, 0.3) is 0 Å². The molecule has 1 aromatic carbocycles. The number of esters is 1. The zero-order valence-electron chi connectivity index (χ0n) is 13.3. The van der Waals surface area contributed by atoms with Gasteiger partial charge in [0.1, 0.15) is 5.92 Å². The van der Waals surface area contributed by atoms with E-state index in [1.165, 1.54) is 0 Å². The van der Waals surface area contributed by atoms with Gasteiger partial charge in [-0.3, -0.25) is 4.79 Å². The van der Waals surface area contributed by atoms with Gasteiger partial charge in [-0.25, -0.2) is 4.79 Å². The summed E-state index contributed by atoms with van der Waals surface area (Å²) >= 11 is 1.60. The highest BCUT2D eigenvalue weighted by atomic mass is 32.2. The molecule has 120 valence electrons. The number of thioether (sulfide) groups is 1. The number of carbonyl (C=O) groups is 2. The first-order chi connectivity index (χ1) is 11.0. The van der Waals surface area contributed by atoms with Crippen molar-refractivity contribution in [2.75, 3.05) is 12.9 Å². The standard InChI is InChI=1S/C17H18N2O3S/c1-4-22-17(21)14-10(2)19-16(20)13(9-18)15(14)11-5-7-12(23-3)8-6-11/h5-8,13,15H,4H2,1-3H3,(H,19,20)/t13-,15-/m1/s1. The molecule has 0 saturated carbocycles. The average Bonchev–Trinajstić information content (AvgIpc) is 2.54. The predicted octanol–water partition coefficient (Wildman–Crippen LogP) is 2.60. The lowest BCUT2D eigenvalue weighted by atomic mass is 9.77. The summed E-state index contributed by atoms with van der Waals surface area (Å²) in [6.45, 7) is 3.61. The molecule has 5 nitrogen and oxygen atoms in total. The van der Waals surface area contributed by atoms with E-state index in [1.54, 1.807) is 25.6 Å². The maximum atomic E-state index is 12.3. The molecule has 2 atom stereocenters. The number of hydrogen-bond acceptors (Lipinski definition) is 5. The van der Waals surface area contributed by atoms with Crippen LogP contribution < -0.4 is 5.32 Å². The van der Waals surface area contributed by atoms with Crippen LogP contribution in [0.5, 0.6) is 0 Å². The molecular formula is C17H18N2O3S. The second-order valence-corrected chi connectivity index (χ2v) is 5.99. The quantitative estimate of drug-likeness (QED) is 0.678. The molecule has 0 aliphatic carbocycles. The van der Waals surface area contributed by atoms with E-state index in [0.29, 0.717) is 11.3 Å². The van der Waals surface area contributed by atoms with E-state index in [1.807, 2.05) is 36.6 Å². The van der Waals surface area contributed by atoms with Crippen LogP contribution >= 0.6 is 11.8 Å². The van der Waals surface area contributed by atoms with Crippen molar-refractivity contribution in [3.63, 3.8) is 0 Å². The van der Waals surface area contributed by atoms with E-state index in [9.17, 15) is 14.9 Å². The van der Waals surface area contributed by atoms with Gasteiger partial charge in [-0.05, 0) is 37.8 Å². The van der Waals surface area contributed by atoms with Gasteiger partial charge in [0.05, 0.1) is 18.2 Å². The number of benzene rings is 1. The molecule has 1 heterocycles. The number of ether oxygens (including phenoxy) is 1. The lowest BCUT2D eigenvalue weighted by molar-refractivity contribution is -0.139. The van der Waals surface area contributed by atoms with Crippen LogP contribution in [0.2, 0.25) is 0 Å². The third kappa shape index (κ3) is 3.40. The fraction of sp³-hybridized carbons (Fsp3) is 0.353. The van der Waals surface area contributed by atoms with E-state index in [0.717, 1.165) is 10.5 Å². The zero-order chi connectivity index (χ0) is 17.0. The van der Waals surface area contributed by atoms with E-state index in [-0.39, 0.29) is 6.61 Å². The minimum atomic E-state index is -0.960. The molecule has 1 amide bonds. The summed E-state index contributed by atoms with van der Waals surface area (Å²) in [6, 6.07) is 9.56. The molecule has 0 radical (unpaired) electrons. The summed E-state index contributed by atoms with van der Waals surface area (Å²) in [5.74, 6) is -2.47. The topological polar surface area (TPSA) is 79.2 Å². The van der Waals surface area contributed by atoms with Gasteiger partial charge in [0, 0.05) is 16.5 Å². The van der Waals surface area contributed by atoms with Gasteiger partial charge in [-0.15, -0.1) is 11.8 Å². The molecule has 23 heavy (non-hydrogen) atoms. The lowest BCUT2D eigenvalue weighted by Gasteiger charge is -2.30. The predicted molar refractivity (Wildman–Crippen MR) is 87.5 cm³/mol. The average molecular weight is 330 g/mol. The molecule has 0 spiro atoms. The summed E-state index contributed by atoms with van der Waals surface area (Å²) in [6.07, 6.45) is 1.97. The van der Waals surface area contributed by atoms with Crippen LogP contribution in [0.4, 0.5) is 0 Å². The maximum Gasteiger partial charge on any atom is 0.336 e. The first kappa shape index (κ1) is 17.1. The molecule has 1 aliphatic heterocycles. The highest BCUT2D eigenvalue weighted by molar-refractivity contribution is 7.98. The van der Waals surface area contributed by atoms with Crippen molar-refractivity contribution in [1.29, 1.82) is 5.26 Å². The van der Waals surface area contributed by atoms with E-state index in [4.69, 9.17) is 4.74 Å². The van der Waals surface area contributed by atoms with Gasteiger partial charge in [-0.1, -0.05) is 12.1 Å². The number of nitrogens with one attached hydrogen (secondary N) is 1. The Morgan fingerprint density at radius 1 is 1.39 bits per heavy atom. The fourth-order valence-corrected chi connectivity index (χ4v) is 3.08. The van der Waals surface area contributed by atoms with Crippen LogP contribution in [-0.4, -0.2) is 24.7 Å². The number of nitriles is 1. The Balaban J connectivity index is 2.54. The fourth-order valence-electron chi connectivity index (χ4n) is 2.67. The molecule has 6 heteroatoms. The molecule has 0 fully saturated rings. The Morgan fingerprint density at radius 3 is 2.57 bits per heavy atom. The van der Waals surface area contributed by atoms with Gasteiger partial charge in [-0.2, -0.15) is 5.26 Å². The summed E-state index contributed by atoms with van der Waals surface area (Å²) < 4.78 is 5.11. The van der Waals surface area contributed by atoms with E-state index < -0.39 is 23.7 Å². The van der Waals surface area contributed by atoms with Gasteiger partial charge < -0.3 is 10.1 Å². The van der Waals surface area contributed by atoms with Crippen molar-refractivity contribution in [2.24, 2.45) is 5.92 Å². The Hall–Kier alpha value is -2.26. The van der Waals surface area contributed by atoms with Crippen LogP contribution in [0.3, 0.4) is 0 Å². The summed E-state index contributed by atoms with van der Waals surface area (Å²) in [5.41, 5.74) is 1.54. The van der Waals surface area contributed by atoms with Crippen LogP contribution in [0.25, 0.3) is 0 Å². The smallest absolute Gasteiger partial charge is 0.336 e. The van der Waals surface area contributed by atoms with Crippen LogP contribution in [0.15, 0.2) is 40.4 Å². The number of allylic oxidation sites excluding steroid dienone is 1. The molecule has 2 rings (SSSR count). The molecule has 1 aliphatic rings. The van der Waals surface area contributed by atoms with Crippen molar-refractivity contribution in [1.82, 2.24) is 5.32 Å². The van der Waals surface area contributed by atoms with Crippen molar-refractivity contribution < 1.29 is 14.3 Å². The van der Waals surface area contributed by atoms with E-state index >= 15 is 0 Å². The van der Waals surface area contributed by atoms with Crippen LogP contribution in [0, 0.1) is 17.2 Å². The number of nitrogens with zero attached hydrogens (tertiary/aromatic N) is 1. The number of carbonyl (C=O) groups excluding carboxylic acids is 2. The molecule has 0 unspecified atom stereocenters. The molecule has 0 saturated heterocycles. The Kier molecular flexibility index (Phi) is 5.45. The minimum Gasteiger partial charge on any atom is -0.463 e. The molecule has 1 aromatic rings. The first-order valence-corrected chi connectivity index (χ1v) is 8.48. The Bertz CT molecular complexity index is 689. The molecule has 0 aromatic heterocycles. The second kappa shape index (κ2) is 7.34. The molecule has 1 N–H and O–H groups in total. The Morgan fingerprint density at radius 2 is 2.04 bits per heavy atom. The summed E-state index contributed by atoms with van der Waals surface area (Å²) in [5, 5.41) is 12.0. The third-order valence-corrected chi connectivity index (χ3v) is 4.49. The summed E-state index contributed by atoms with van der Waals surface area (Å²) in [7, 11) is 0. The Labute approximate surface area is 139 Å². The first-order valence-electron chi connectivity index (χ1n) is 7.25. The third-order valence-electron chi connectivity index (χ3n) is 3.75. The van der Waals surface area contributed by atoms with Gasteiger partial charge in [0.2, 0.25) is 5.91 Å². The number of amides is 1. The van der Waals surface area contributed by atoms with Crippen molar-refractivity contribution >= 4 is 23.6 Å². The van der Waals surface area contributed by atoms with Crippen molar-refractivity contribution in [3.8, 4) is 6.07 Å². The summed E-state index contributed by atoms with van der Waals surface area (Å²) in [4.78, 5) is 25.6. The highest BCUT2D eigenvalue weighted by Gasteiger charge is 2.41. The normalized spacial score (nSPS) is 20.7. The SMILES string of the molecule is CCOC(=O)C1=C(C)NC(=O)[C@H](C#N)[C@H]1c1ccc(SC)cc1. The van der Waals surface area contributed by atoms with Crippen LogP contribution in [-0.2, 0) is 14.3 Å². The molecular weight excluding hydrogens is 312 g/mol. The highest BCUT2D eigenvalue weighted by Crippen LogP contribution is 2.37. The monoisotopic (exact) mass is 330 g/mol. The van der Waals surface area contributed by atoms with Crippen LogP contribution in [0.1, 0.15) is 25.3 Å². The largest absolute Gasteiger partial charge is 0.463 e. The number of hydrogen-bond donors (Lipinski definition) is 1. The minimum absolute atomic E-state index is 0.235.